The number of nitrogens with zero attached hydrogens (tertiary/aromatic N) is 3. The van der Waals surface area contributed by atoms with E-state index in [-0.39, 0.29) is 11.4 Å². The minimum absolute atomic E-state index is 0.0131. The van der Waals surface area contributed by atoms with Crippen LogP contribution in [-0.4, -0.2) is 21.2 Å². The van der Waals surface area contributed by atoms with Crippen molar-refractivity contribution in [3.8, 4) is 0 Å². The largest absolute Gasteiger partial charge is 0.301 e. The lowest BCUT2D eigenvalue weighted by Gasteiger charge is -2.13. The first-order chi connectivity index (χ1) is 9.81. The SMILES string of the molecule is CC1(F)CCCC1=NNc1ccc([N+](=O)[O-])cc1[N+](=O)[O-]. The van der Waals surface area contributed by atoms with Crippen LogP contribution in [0.5, 0.6) is 0 Å². The fourth-order valence-electron chi connectivity index (χ4n) is 2.17. The first-order valence-electron chi connectivity index (χ1n) is 6.26. The highest BCUT2D eigenvalue weighted by molar-refractivity contribution is 5.94. The van der Waals surface area contributed by atoms with Crippen molar-refractivity contribution in [2.24, 2.45) is 5.10 Å². The van der Waals surface area contributed by atoms with Gasteiger partial charge in [-0.25, -0.2) is 4.39 Å². The summed E-state index contributed by atoms with van der Waals surface area (Å²) >= 11 is 0. The molecule has 0 radical (unpaired) electrons. The molecule has 1 aliphatic rings. The van der Waals surface area contributed by atoms with E-state index in [0.717, 1.165) is 12.1 Å². The second-order valence-electron chi connectivity index (χ2n) is 4.94. The Balaban J connectivity index is 2.30. The highest BCUT2D eigenvalue weighted by atomic mass is 19.1. The zero-order valence-corrected chi connectivity index (χ0v) is 11.2. The number of nitrogens with one attached hydrogen (secondary N) is 1. The van der Waals surface area contributed by atoms with Crippen molar-refractivity contribution < 1.29 is 14.2 Å². The Labute approximate surface area is 119 Å². The Kier molecular flexibility index (Phi) is 3.83. The molecule has 0 spiro atoms. The maximum absolute atomic E-state index is 14.0. The van der Waals surface area contributed by atoms with Crippen molar-refractivity contribution in [3.05, 3.63) is 38.4 Å². The number of hydrazone groups is 1. The molecule has 1 fully saturated rings. The van der Waals surface area contributed by atoms with E-state index < -0.39 is 26.9 Å². The van der Waals surface area contributed by atoms with Gasteiger partial charge in [-0.15, -0.1) is 0 Å². The number of nitro benzene ring substituents is 2. The predicted octanol–water partition coefficient (Wildman–Crippen LogP) is 3.18. The number of rotatable bonds is 4. The highest BCUT2D eigenvalue weighted by Gasteiger charge is 2.35. The molecule has 0 heterocycles. The zero-order chi connectivity index (χ0) is 15.6. The van der Waals surface area contributed by atoms with Crippen LogP contribution in [0.15, 0.2) is 23.3 Å². The molecular weight excluding hydrogens is 283 g/mol. The number of halogens is 1. The van der Waals surface area contributed by atoms with Crippen molar-refractivity contribution in [3.63, 3.8) is 0 Å². The fourth-order valence-corrected chi connectivity index (χ4v) is 2.17. The first-order valence-corrected chi connectivity index (χ1v) is 6.26. The van der Waals surface area contributed by atoms with Gasteiger partial charge in [-0.1, -0.05) is 0 Å². The van der Waals surface area contributed by atoms with Gasteiger partial charge in [-0.3, -0.25) is 25.7 Å². The maximum Gasteiger partial charge on any atom is 0.301 e. The number of nitro groups is 2. The van der Waals surface area contributed by atoms with Gasteiger partial charge in [0, 0.05) is 6.07 Å². The van der Waals surface area contributed by atoms with Gasteiger partial charge >= 0.3 is 5.69 Å². The van der Waals surface area contributed by atoms with Gasteiger partial charge < -0.3 is 0 Å². The van der Waals surface area contributed by atoms with Gasteiger partial charge in [-0.05, 0) is 32.3 Å². The Morgan fingerprint density at radius 3 is 2.57 bits per heavy atom. The van der Waals surface area contributed by atoms with Gasteiger partial charge in [0.1, 0.15) is 11.4 Å². The van der Waals surface area contributed by atoms with Crippen LogP contribution in [0.25, 0.3) is 0 Å². The Bertz CT molecular complexity index is 630. The molecular formula is C12H13FN4O4. The van der Waals surface area contributed by atoms with Crippen molar-refractivity contribution in [2.75, 3.05) is 5.43 Å². The van der Waals surface area contributed by atoms with E-state index >= 15 is 0 Å². The Morgan fingerprint density at radius 2 is 2.05 bits per heavy atom. The standard InChI is InChI=1S/C12H13FN4O4/c1-12(13)6-2-3-11(12)15-14-9-5-4-8(16(18)19)7-10(9)17(20)21/h4-5,7,14H,2-3,6H2,1H3. The molecule has 9 heteroatoms. The third-order valence-corrected chi connectivity index (χ3v) is 3.36. The van der Waals surface area contributed by atoms with Crippen LogP contribution >= 0.6 is 0 Å². The number of hydrogen-bond acceptors (Lipinski definition) is 6. The molecule has 2 rings (SSSR count). The van der Waals surface area contributed by atoms with Crippen LogP contribution < -0.4 is 5.43 Å². The van der Waals surface area contributed by atoms with Gasteiger partial charge in [-0.2, -0.15) is 5.10 Å². The topological polar surface area (TPSA) is 111 Å². The molecule has 1 N–H and O–H groups in total. The van der Waals surface area contributed by atoms with Crippen LogP contribution in [0, 0.1) is 20.2 Å². The van der Waals surface area contributed by atoms with Gasteiger partial charge in [0.2, 0.25) is 0 Å². The summed E-state index contributed by atoms with van der Waals surface area (Å²) in [6.07, 6.45) is 1.49. The lowest BCUT2D eigenvalue weighted by atomic mass is 10.1. The predicted molar refractivity (Wildman–Crippen MR) is 74.2 cm³/mol. The molecule has 0 amide bonds. The van der Waals surface area contributed by atoms with Crippen LogP contribution in [0.2, 0.25) is 0 Å². The summed E-state index contributed by atoms with van der Waals surface area (Å²) in [5.41, 5.74) is 0.319. The van der Waals surface area contributed by atoms with Crippen molar-refractivity contribution in [1.82, 2.24) is 0 Å². The number of benzene rings is 1. The zero-order valence-electron chi connectivity index (χ0n) is 11.2. The summed E-state index contributed by atoms with van der Waals surface area (Å²) in [4.78, 5) is 20.1. The fraction of sp³-hybridized carbons (Fsp3) is 0.417. The van der Waals surface area contributed by atoms with Crippen molar-refractivity contribution >= 4 is 22.8 Å². The van der Waals surface area contributed by atoms with E-state index in [1.54, 1.807) is 0 Å². The molecule has 1 unspecified atom stereocenters. The molecule has 8 nitrogen and oxygen atoms in total. The summed E-state index contributed by atoms with van der Waals surface area (Å²) < 4.78 is 14.0. The normalized spacial score (nSPS) is 23.2. The second kappa shape index (κ2) is 5.43. The highest BCUT2D eigenvalue weighted by Crippen LogP contribution is 2.32. The summed E-state index contributed by atoms with van der Waals surface area (Å²) in [5.74, 6) is 0. The minimum atomic E-state index is -1.53. The maximum atomic E-state index is 14.0. The number of alkyl halides is 1. The van der Waals surface area contributed by atoms with E-state index in [0.29, 0.717) is 19.3 Å². The molecule has 0 aliphatic heterocycles. The average molecular weight is 296 g/mol. The van der Waals surface area contributed by atoms with Gasteiger partial charge in [0.25, 0.3) is 5.69 Å². The second-order valence-corrected chi connectivity index (χ2v) is 4.94. The Hall–Kier alpha value is -2.58. The summed E-state index contributed by atoms with van der Waals surface area (Å²) in [5, 5.41) is 25.4. The van der Waals surface area contributed by atoms with Crippen LogP contribution in [-0.2, 0) is 0 Å². The monoisotopic (exact) mass is 296 g/mol. The molecule has 1 aliphatic carbocycles. The molecule has 0 bridgehead atoms. The number of anilines is 1. The summed E-state index contributed by atoms with van der Waals surface area (Å²) in [6.45, 7) is 1.41. The Morgan fingerprint density at radius 1 is 1.33 bits per heavy atom. The third kappa shape index (κ3) is 3.12. The van der Waals surface area contributed by atoms with Crippen molar-refractivity contribution in [2.45, 2.75) is 31.9 Å². The molecule has 1 saturated carbocycles. The van der Waals surface area contributed by atoms with E-state index in [4.69, 9.17) is 0 Å². The van der Waals surface area contributed by atoms with Crippen molar-refractivity contribution in [1.29, 1.82) is 0 Å². The lowest BCUT2D eigenvalue weighted by molar-refractivity contribution is -0.393. The molecule has 112 valence electrons. The third-order valence-electron chi connectivity index (χ3n) is 3.36. The molecule has 1 atom stereocenters. The summed E-state index contributed by atoms with van der Waals surface area (Å²) in [6, 6.07) is 3.15. The van der Waals surface area contributed by atoms with Crippen LogP contribution in [0.1, 0.15) is 26.2 Å². The molecule has 1 aromatic rings. The molecule has 21 heavy (non-hydrogen) atoms. The van der Waals surface area contributed by atoms with E-state index in [1.807, 2.05) is 0 Å². The summed E-state index contributed by atoms with van der Waals surface area (Å²) in [7, 11) is 0. The number of non-ortho nitro benzene ring substituents is 1. The quantitative estimate of drug-likeness (QED) is 0.677. The van der Waals surface area contributed by atoms with E-state index in [9.17, 15) is 24.6 Å². The van der Waals surface area contributed by atoms with Gasteiger partial charge in [0.15, 0.2) is 0 Å². The lowest BCUT2D eigenvalue weighted by Crippen LogP contribution is -2.24. The van der Waals surface area contributed by atoms with Crippen LogP contribution in [0.4, 0.5) is 21.5 Å². The average Bonchev–Trinajstić information content (AvgIpc) is 2.74. The molecule has 0 saturated heterocycles. The minimum Gasteiger partial charge on any atom is -0.272 e. The first kappa shape index (κ1) is 14.8. The van der Waals surface area contributed by atoms with Crippen LogP contribution in [0.3, 0.4) is 0 Å². The van der Waals surface area contributed by atoms with E-state index in [2.05, 4.69) is 10.5 Å². The van der Waals surface area contributed by atoms with E-state index in [1.165, 1.54) is 13.0 Å². The molecule has 1 aromatic carbocycles. The number of hydrogen-bond donors (Lipinski definition) is 1. The molecule has 0 aromatic heterocycles. The smallest absolute Gasteiger partial charge is 0.272 e. The van der Waals surface area contributed by atoms with Gasteiger partial charge in [0.05, 0.1) is 21.6 Å².